The summed E-state index contributed by atoms with van der Waals surface area (Å²) in [6.07, 6.45) is 0.779. The summed E-state index contributed by atoms with van der Waals surface area (Å²) in [5, 5.41) is 10.5. The highest BCUT2D eigenvalue weighted by molar-refractivity contribution is 7.86. The highest BCUT2D eigenvalue weighted by atomic mass is 32.2. The molecule has 0 atom stereocenters. The van der Waals surface area contributed by atoms with E-state index in [0.717, 1.165) is 21.1 Å². The van der Waals surface area contributed by atoms with E-state index in [2.05, 4.69) is 10.6 Å². The Morgan fingerprint density at radius 1 is 1.20 bits per heavy atom. The molecule has 8 nitrogen and oxygen atoms in total. The van der Waals surface area contributed by atoms with Crippen molar-refractivity contribution in [2.45, 2.75) is 26.7 Å². The number of benzene rings is 1. The number of para-hydroxylation sites is 1. The Bertz CT molecular complexity index is 735. The van der Waals surface area contributed by atoms with Crippen LogP contribution in [0.15, 0.2) is 18.2 Å². The van der Waals surface area contributed by atoms with Gasteiger partial charge in [0.25, 0.3) is 10.2 Å². The van der Waals surface area contributed by atoms with Crippen molar-refractivity contribution in [1.29, 1.82) is 0 Å². The molecule has 2 amide bonds. The number of amides is 2. The van der Waals surface area contributed by atoms with Crippen molar-refractivity contribution >= 4 is 27.7 Å². The zero-order valence-corrected chi connectivity index (χ0v) is 15.2. The molecule has 9 heteroatoms. The van der Waals surface area contributed by atoms with E-state index >= 15 is 0 Å². The van der Waals surface area contributed by atoms with Crippen LogP contribution in [0.3, 0.4) is 0 Å². The maximum atomic E-state index is 12.2. The van der Waals surface area contributed by atoms with Gasteiger partial charge >= 0.3 is 0 Å². The van der Waals surface area contributed by atoms with Gasteiger partial charge in [0.1, 0.15) is 0 Å². The molecule has 138 valence electrons. The van der Waals surface area contributed by atoms with Crippen LogP contribution in [-0.2, 0) is 19.8 Å². The lowest BCUT2D eigenvalue weighted by Crippen LogP contribution is -2.46. The second-order valence-corrected chi connectivity index (χ2v) is 7.80. The van der Waals surface area contributed by atoms with Crippen molar-refractivity contribution in [2.24, 2.45) is 11.1 Å². The molecule has 1 saturated heterocycles. The van der Waals surface area contributed by atoms with E-state index in [1.54, 1.807) is 0 Å². The minimum Gasteiger partial charge on any atom is -0.347 e. The van der Waals surface area contributed by atoms with E-state index in [0.29, 0.717) is 12.8 Å². The van der Waals surface area contributed by atoms with Gasteiger partial charge in [0, 0.05) is 24.7 Å². The average Bonchev–Trinajstić information content (AvgIpc) is 2.55. The fourth-order valence-electron chi connectivity index (χ4n) is 2.88. The van der Waals surface area contributed by atoms with Crippen LogP contribution in [-0.4, -0.2) is 44.2 Å². The predicted octanol–water partition coefficient (Wildman–Crippen LogP) is 0.274. The first-order valence-corrected chi connectivity index (χ1v) is 9.60. The Morgan fingerprint density at radius 3 is 2.28 bits per heavy atom. The highest BCUT2D eigenvalue weighted by Crippen LogP contribution is 2.20. The SMILES string of the molecule is Cc1cccc(C)c1NC(=O)CNC(=O)C1CCN(S(N)(=O)=O)CC1. The van der Waals surface area contributed by atoms with E-state index in [1.165, 1.54) is 0 Å². The first kappa shape index (κ1) is 19.4. The number of anilines is 1. The summed E-state index contributed by atoms with van der Waals surface area (Å²) < 4.78 is 23.7. The van der Waals surface area contributed by atoms with Gasteiger partial charge in [-0.05, 0) is 37.8 Å². The summed E-state index contributed by atoms with van der Waals surface area (Å²) in [6, 6.07) is 5.72. The van der Waals surface area contributed by atoms with Crippen LogP contribution in [0, 0.1) is 19.8 Å². The Hall–Kier alpha value is -1.97. The topological polar surface area (TPSA) is 122 Å². The number of aryl methyl sites for hydroxylation is 2. The van der Waals surface area contributed by atoms with E-state index in [-0.39, 0.29) is 37.4 Å². The molecule has 0 radical (unpaired) electrons. The second kappa shape index (κ2) is 7.94. The van der Waals surface area contributed by atoms with Gasteiger partial charge in [-0.15, -0.1) is 0 Å². The van der Waals surface area contributed by atoms with Crippen LogP contribution in [0.25, 0.3) is 0 Å². The number of nitrogens with zero attached hydrogens (tertiary/aromatic N) is 1. The van der Waals surface area contributed by atoms with Crippen LogP contribution in [0.4, 0.5) is 5.69 Å². The molecule has 2 rings (SSSR count). The van der Waals surface area contributed by atoms with Gasteiger partial charge in [0.05, 0.1) is 6.54 Å². The quantitative estimate of drug-likeness (QED) is 0.691. The van der Waals surface area contributed by atoms with Crippen LogP contribution in [0.1, 0.15) is 24.0 Å². The molecule has 1 aliphatic heterocycles. The van der Waals surface area contributed by atoms with Crippen molar-refractivity contribution in [2.75, 3.05) is 25.0 Å². The zero-order valence-electron chi connectivity index (χ0n) is 14.4. The fourth-order valence-corrected chi connectivity index (χ4v) is 3.60. The smallest absolute Gasteiger partial charge is 0.276 e. The van der Waals surface area contributed by atoms with Crippen molar-refractivity contribution < 1.29 is 18.0 Å². The Morgan fingerprint density at radius 2 is 1.76 bits per heavy atom. The highest BCUT2D eigenvalue weighted by Gasteiger charge is 2.29. The van der Waals surface area contributed by atoms with Crippen LogP contribution >= 0.6 is 0 Å². The first-order valence-electron chi connectivity index (χ1n) is 8.10. The third-order valence-electron chi connectivity index (χ3n) is 4.35. The molecule has 0 saturated carbocycles. The number of hydrogen-bond donors (Lipinski definition) is 3. The van der Waals surface area contributed by atoms with Crippen LogP contribution < -0.4 is 15.8 Å². The van der Waals surface area contributed by atoms with E-state index < -0.39 is 10.2 Å². The minimum atomic E-state index is -3.71. The number of nitrogens with two attached hydrogens (primary N) is 1. The molecule has 1 heterocycles. The number of carbonyl (C=O) groups excluding carboxylic acids is 2. The lowest BCUT2D eigenvalue weighted by atomic mass is 9.97. The molecule has 1 aliphatic rings. The molecule has 25 heavy (non-hydrogen) atoms. The largest absolute Gasteiger partial charge is 0.347 e. The van der Waals surface area contributed by atoms with Gasteiger partial charge < -0.3 is 10.6 Å². The normalized spacial score (nSPS) is 16.4. The maximum absolute atomic E-state index is 12.2. The predicted molar refractivity (Wildman–Crippen MR) is 95.0 cm³/mol. The van der Waals surface area contributed by atoms with Crippen molar-refractivity contribution in [3.63, 3.8) is 0 Å². The summed E-state index contributed by atoms with van der Waals surface area (Å²) in [6.45, 7) is 4.11. The molecule has 4 N–H and O–H groups in total. The second-order valence-electron chi connectivity index (χ2n) is 6.25. The van der Waals surface area contributed by atoms with Gasteiger partial charge in [0.15, 0.2) is 0 Å². The monoisotopic (exact) mass is 368 g/mol. The van der Waals surface area contributed by atoms with E-state index in [9.17, 15) is 18.0 Å². The third kappa shape index (κ3) is 5.25. The average molecular weight is 368 g/mol. The molecular formula is C16H24N4O4S. The molecule has 1 aromatic carbocycles. The lowest BCUT2D eigenvalue weighted by molar-refractivity contribution is -0.128. The number of hydrogen-bond acceptors (Lipinski definition) is 4. The van der Waals surface area contributed by atoms with Crippen LogP contribution in [0.5, 0.6) is 0 Å². The lowest BCUT2D eigenvalue weighted by Gasteiger charge is -2.28. The minimum absolute atomic E-state index is 0.123. The van der Waals surface area contributed by atoms with Crippen molar-refractivity contribution in [3.05, 3.63) is 29.3 Å². The summed E-state index contributed by atoms with van der Waals surface area (Å²) in [7, 11) is -3.71. The Balaban J connectivity index is 1.81. The molecule has 0 bridgehead atoms. The van der Waals surface area contributed by atoms with Crippen molar-refractivity contribution in [1.82, 2.24) is 9.62 Å². The molecule has 0 unspecified atom stereocenters. The summed E-state index contributed by atoms with van der Waals surface area (Å²) in [5.74, 6) is -0.857. The first-order chi connectivity index (χ1) is 11.7. The van der Waals surface area contributed by atoms with Gasteiger partial charge in [-0.25, -0.2) is 5.14 Å². The van der Waals surface area contributed by atoms with Crippen molar-refractivity contribution in [3.8, 4) is 0 Å². The number of rotatable bonds is 5. The van der Waals surface area contributed by atoms with Gasteiger partial charge in [0.2, 0.25) is 11.8 Å². The molecular weight excluding hydrogens is 344 g/mol. The summed E-state index contributed by atoms with van der Waals surface area (Å²) >= 11 is 0. The van der Waals surface area contributed by atoms with Gasteiger partial charge in [-0.2, -0.15) is 12.7 Å². The summed E-state index contributed by atoms with van der Waals surface area (Å²) in [5.41, 5.74) is 2.66. The number of piperidine rings is 1. The molecule has 0 spiro atoms. The van der Waals surface area contributed by atoms with Gasteiger partial charge in [-0.3, -0.25) is 9.59 Å². The maximum Gasteiger partial charge on any atom is 0.276 e. The molecule has 1 fully saturated rings. The standard InChI is InChI=1S/C16H24N4O4S/c1-11-4-3-5-12(2)15(11)19-14(21)10-18-16(22)13-6-8-20(9-7-13)25(17,23)24/h3-5,13H,6-10H2,1-2H3,(H,18,22)(H,19,21)(H2,17,23,24). The molecule has 0 aliphatic carbocycles. The number of nitrogens with one attached hydrogen (secondary N) is 2. The Labute approximate surface area is 147 Å². The zero-order chi connectivity index (χ0) is 18.6. The molecule has 1 aromatic rings. The van der Waals surface area contributed by atoms with E-state index in [4.69, 9.17) is 5.14 Å². The summed E-state index contributed by atoms with van der Waals surface area (Å²) in [4.78, 5) is 24.2. The number of carbonyl (C=O) groups is 2. The third-order valence-corrected chi connectivity index (χ3v) is 5.44. The van der Waals surface area contributed by atoms with Gasteiger partial charge in [-0.1, -0.05) is 18.2 Å². The molecule has 0 aromatic heterocycles. The van der Waals surface area contributed by atoms with Crippen LogP contribution in [0.2, 0.25) is 0 Å². The van der Waals surface area contributed by atoms with E-state index in [1.807, 2.05) is 32.0 Å². The fraction of sp³-hybridized carbons (Fsp3) is 0.500. The Kier molecular flexibility index (Phi) is 6.15.